The summed E-state index contributed by atoms with van der Waals surface area (Å²) in [6.45, 7) is 2.16. The Morgan fingerprint density at radius 2 is 2.42 bits per heavy atom. The number of hydrogen-bond donors (Lipinski definition) is 2. The molecule has 3 heteroatoms. The molecule has 0 aromatic rings. The van der Waals surface area contributed by atoms with Crippen molar-refractivity contribution in [2.45, 2.75) is 13.1 Å². The summed E-state index contributed by atoms with van der Waals surface area (Å²) >= 11 is 0. The van der Waals surface area contributed by atoms with Crippen LogP contribution in [0.5, 0.6) is 0 Å². The highest BCUT2D eigenvalue weighted by molar-refractivity contribution is 5.60. The average molecular weight is 163 g/mol. The average Bonchev–Trinajstić information content (AvgIpc) is 2.04. The van der Waals surface area contributed by atoms with E-state index in [9.17, 15) is 0 Å². The zero-order valence-corrected chi connectivity index (χ0v) is 7.07. The molecular formula is C9H13N3. The van der Waals surface area contributed by atoms with E-state index < -0.39 is 0 Å². The zero-order chi connectivity index (χ0) is 8.55. The number of fused-ring (bicyclic) bond motifs is 1. The third-order valence-electron chi connectivity index (χ3n) is 2.46. The Hall–Kier alpha value is -1.09. The van der Waals surface area contributed by atoms with E-state index in [4.69, 9.17) is 5.73 Å². The Morgan fingerprint density at radius 3 is 3.17 bits per heavy atom. The molecule has 12 heavy (non-hydrogen) atoms. The Kier molecular flexibility index (Phi) is 1.73. The summed E-state index contributed by atoms with van der Waals surface area (Å²) in [6.07, 6.45) is 7.89. The molecule has 0 radical (unpaired) electrons. The first-order valence-corrected chi connectivity index (χ1v) is 4.21. The van der Waals surface area contributed by atoms with Crippen molar-refractivity contribution in [2.24, 2.45) is 22.6 Å². The molecule has 0 amide bonds. The zero-order valence-electron chi connectivity index (χ0n) is 7.07. The number of nitrogens with two attached hydrogens (primary N) is 1. The van der Waals surface area contributed by atoms with Crippen LogP contribution in [0.1, 0.15) is 6.92 Å². The third kappa shape index (κ3) is 1.06. The van der Waals surface area contributed by atoms with Gasteiger partial charge in [-0.15, -0.1) is 0 Å². The number of allylic oxidation sites excluding steroid dienone is 3. The Labute approximate surface area is 72.1 Å². The third-order valence-corrected chi connectivity index (χ3v) is 2.46. The van der Waals surface area contributed by atoms with Gasteiger partial charge in [0.2, 0.25) is 0 Å². The first-order valence-electron chi connectivity index (χ1n) is 4.21. The summed E-state index contributed by atoms with van der Waals surface area (Å²) in [5.74, 6) is 0.810. The van der Waals surface area contributed by atoms with Gasteiger partial charge in [0, 0.05) is 11.6 Å². The van der Waals surface area contributed by atoms with E-state index >= 15 is 0 Å². The maximum atomic E-state index is 5.87. The summed E-state index contributed by atoms with van der Waals surface area (Å²) in [5.41, 5.74) is 7.05. The molecule has 2 aliphatic rings. The Morgan fingerprint density at radius 1 is 1.58 bits per heavy atom. The molecule has 0 saturated heterocycles. The second-order valence-electron chi connectivity index (χ2n) is 3.30. The lowest BCUT2D eigenvalue weighted by atomic mass is 9.84. The Balaban J connectivity index is 2.31. The molecule has 64 valence electrons. The molecule has 3 atom stereocenters. The van der Waals surface area contributed by atoms with Crippen molar-refractivity contribution in [3.8, 4) is 0 Å². The molecule has 3 unspecified atom stereocenters. The molecule has 0 fully saturated rings. The molecule has 0 bridgehead atoms. The maximum absolute atomic E-state index is 5.87. The second kappa shape index (κ2) is 2.75. The topological polar surface area (TPSA) is 50.4 Å². The van der Waals surface area contributed by atoms with Gasteiger partial charge in [0.1, 0.15) is 6.17 Å². The lowest BCUT2D eigenvalue weighted by molar-refractivity contribution is 0.381. The van der Waals surface area contributed by atoms with E-state index in [0.29, 0.717) is 11.8 Å². The molecular weight excluding hydrogens is 150 g/mol. The van der Waals surface area contributed by atoms with Crippen LogP contribution in [0.3, 0.4) is 0 Å². The highest BCUT2D eigenvalue weighted by Crippen LogP contribution is 2.28. The number of aliphatic imine (C=N–C) groups is 1. The standard InChI is InChI=1S/C9H13N3/c1-6-3-2-4-7-8(6)9(10)12-5-11-7/h2-6,8-9H,10H2,1H3,(H,11,12). The summed E-state index contributed by atoms with van der Waals surface area (Å²) in [4.78, 5) is 4.13. The summed E-state index contributed by atoms with van der Waals surface area (Å²) < 4.78 is 0. The maximum Gasteiger partial charge on any atom is 0.108 e. The van der Waals surface area contributed by atoms with Crippen LogP contribution in [0.25, 0.3) is 0 Å². The van der Waals surface area contributed by atoms with Crippen LogP contribution < -0.4 is 11.1 Å². The largest absolute Gasteiger partial charge is 0.350 e. The minimum atomic E-state index is -0.0857. The van der Waals surface area contributed by atoms with Crippen LogP contribution in [0.2, 0.25) is 0 Å². The molecule has 1 aliphatic carbocycles. The first kappa shape index (κ1) is 7.55. The lowest BCUT2D eigenvalue weighted by Crippen LogP contribution is -2.42. The van der Waals surface area contributed by atoms with Crippen molar-refractivity contribution in [3.05, 3.63) is 23.9 Å². The van der Waals surface area contributed by atoms with Crippen molar-refractivity contribution >= 4 is 6.34 Å². The van der Waals surface area contributed by atoms with Gasteiger partial charge >= 0.3 is 0 Å². The van der Waals surface area contributed by atoms with Crippen LogP contribution in [0, 0.1) is 11.8 Å². The molecule has 3 N–H and O–H groups in total. The van der Waals surface area contributed by atoms with E-state index in [2.05, 4.69) is 35.5 Å². The number of rotatable bonds is 0. The van der Waals surface area contributed by atoms with E-state index in [1.807, 2.05) is 0 Å². The lowest BCUT2D eigenvalue weighted by Gasteiger charge is -2.32. The molecule has 0 aromatic carbocycles. The van der Waals surface area contributed by atoms with Gasteiger partial charge in [0.05, 0.1) is 6.34 Å². The van der Waals surface area contributed by atoms with Crippen molar-refractivity contribution in [1.82, 2.24) is 5.32 Å². The summed E-state index contributed by atoms with van der Waals surface area (Å²) in [7, 11) is 0. The number of nitrogens with one attached hydrogen (secondary N) is 1. The van der Waals surface area contributed by atoms with Gasteiger partial charge < -0.3 is 11.1 Å². The molecule has 0 aromatic heterocycles. The minimum Gasteiger partial charge on any atom is -0.350 e. The Bertz CT molecular complexity index is 265. The van der Waals surface area contributed by atoms with Gasteiger partial charge in [0.25, 0.3) is 0 Å². The smallest absolute Gasteiger partial charge is 0.108 e. The predicted molar refractivity (Wildman–Crippen MR) is 49.5 cm³/mol. The van der Waals surface area contributed by atoms with Crippen LogP contribution >= 0.6 is 0 Å². The van der Waals surface area contributed by atoms with Gasteiger partial charge in [-0.05, 0) is 12.0 Å². The fourth-order valence-corrected chi connectivity index (χ4v) is 1.78. The fraction of sp³-hybridized carbons (Fsp3) is 0.444. The monoisotopic (exact) mass is 163 g/mol. The highest BCUT2D eigenvalue weighted by Gasteiger charge is 2.29. The second-order valence-corrected chi connectivity index (χ2v) is 3.30. The van der Waals surface area contributed by atoms with Crippen LogP contribution in [-0.2, 0) is 0 Å². The van der Waals surface area contributed by atoms with Crippen molar-refractivity contribution in [3.63, 3.8) is 0 Å². The fourth-order valence-electron chi connectivity index (χ4n) is 1.78. The van der Waals surface area contributed by atoms with Gasteiger partial charge in [-0.25, -0.2) is 0 Å². The SMILES string of the molecule is CC1C=CC=C2NC=NC(N)C21. The quantitative estimate of drug-likeness (QED) is 0.549. The summed E-state index contributed by atoms with van der Waals surface area (Å²) in [5, 5.41) is 3.12. The van der Waals surface area contributed by atoms with Gasteiger partial charge in [-0.2, -0.15) is 0 Å². The normalized spacial score (nSPS) is 38.5. The van der Waals surface area contributed by atoms with Crippen molar-refractivity contribution < 1.29 is 0 Å². The molecule has 1 heterocycles. The molecule has 3 nitrogen and oxygen atoms in total. The van der Waals surface area contributed by atoms with Gasteiger partial charge in [0.15, 0.2) is 0 Å². The minimum absolute atomic E-state index is 0.0857. The van der Waals surface area contributed by atoms with Crippen molar-refractivity contribution in [1.29, 1.82) is 0 Å². The highest BCUT2D eigenvalue weighted by atomic mass is 15.1. The van der Waals surface area contributed by atoms with Crippen LogP contribution in [0.15, 0.2) is 28.9 Å². The van der Waals surface area contributed by atoms with Crippen LogP contribution in [-0.4, -0.2) is 12.5 Å². The summed E-state index contributed by atoms with van der Waals surface area (Å²) in [6, 6.07) is 0. The molecule has 0 spiro atoms. The first-order chi connectivity index (χ1) is 5.79. The predicted octanol–water partition coefficient (Wildman–Crippen LogP) is 0.609. The molecule has 0 saturated carbocycles. The van der Waals surface area contributed by atoms with Gasteiger partial charge in [-0.3, -0.25) is 4.99 Å². The van der Waals surface area contributed by atoms with Crippen molar-refractivity contribution in [2.75, 3.05) is 0 Å². The number of hydrogen-bond acceptors (Lipinski definition) is 3. The van der Waals surface area contributed by atoms with E-state index in [-0.39, 0.29) is 6.17 Å². The van der Waals surface area contributed by atoms with E-state index in [1.54, 1.807) is 6.34 Å². The molecule has 2 rings (SSSR count). The van der Waals surface area contributed by atoms with E-state index in [0.717, 1.165) is 0 Å². The number of nitrogens with zero attached hydrogens (tertiary/aromatic N) is 1. The van der Waals surface area contributed by atoms with Gasteiger partial charge in [-0.1, -0.05) is 19.1 Å². The van der Waals surface area contributed by atoms with E-state index in [1.165, 1.54) is 5.70 Å². The van der Waals surface area contributed by atoms with Crippen LogP contribution in [0.4, 0.5) is 0 Å². The molecule has 1 aliphatic heterocycles.